The molecule has 1 heterocycles. The Morgan fingerprint density at radius 2 is 2.26 bits per heavy atom. The Kier molecular flexibility index (Phi) is 5.87. The van der Waals surface area contributed by atoms with E-state index in [4.69, 9.17) is 11.6 Å². The molecule has 6 nitrogen and oxygen atoms in total. The summed E-state index contributed by atoms with van der Waals surface area (Å²) in [6.07, 6.45) is 9.66. The van der Waals surface area contributed by atoms with Gasteiger partial charge in [0.25, 0.3) is 0 Å². The number of allylic oxidation sites excluding steroid dienone is 5. The Morgan fingerprint density at radius 3 is 2.87 bits per heavy atom. The Labute approximate surface area is 140 Å². The highest BCUT2D eigenvalue weighted by Crippen LogP contribution is 2.26. The van der Waals surface area contributed by atoms with E-state index in [1.54, 1.807) is 4.68 Å². The fourth-order valence-corrected chi connectivity index (χ4v) is 2.50. The molecule has 23 heavy (non-hydrogen) atoms. The number of hydrogen-bond acceptors (Lipinski definition) is 4. The Balaban J connectivity index is 2.29. The van der Waals surface area contributed by atoms with Crippen molar-refractivity contribution in [2.24, 2.45) is 4.99 Å². The summed E-state index contributed by atoms with van der Waals surface area (Å²) in [4.78, 5) is 19.5. The van der Waals surface area contributed by atoms with Gasteiger partial charge in [-0.05, 0) is 45.3 Å². The minimum absolute atomic E-state index is 0.246. The van der Waals surface area contributed by atoms with Crippen molar-refractivity contribution in [3.63, 3.8) is 0 Å². The van der Waals surface area contributed by atoms with E-state index in [-0.39, 0.29) is 6.04 Å². The SMILES string of the molecule is C/C=C(\N=C(/C)n1ncnc1C(C)NC=O)C1=CC=C(Cl)CC1. The maximum atomic E-state index is 10.6. The smallest absolute Gasteiger partial charge is 0.207 e. The van der Waals surface area contributed by atoms with Crippen LogP contribution in [0.5, 0.6) is 0 Å². The van der Waals surface area contributed by atoms with E-state index in [9.17, 15) is 4.79 Å². The van der Waals surface area contributed by atoms with Crippen LogP contribution in [0.2, 0.25) is 0 Å². The zero-order chi connectivity index (χ0) is 16.8. The summed E-state index contributed by atoms with van der Waals surface area (Å²) in [6, 6.07) is -0.246. The Hall–Kier alpha value is -2.21. The minimum atomic E-state index is -0.246. The quantitative estimate of drug-likeness (QED) is 0.511. The van der Waals surface area contributed by atoms with Gasteiger partial charge in [-0.2, -0.15) is 5.10 Å². The summed E-state index contributed by atoms with van der Waals surface area (Å²) in [5.74, 6) is 1.32. The molecule has 1 atom stereocenters. The number of carbonyl (C=O) groups excluding carboxylic acids is 1. The average molecular weight is 334 g/mol. The van der Waals surface area contributed by atoms with Crippen molar-refractivity contribution in [2.75, 3.05) is 0 Å². The standard InChI is InChI=1S/C16H20ClN5O/c1-4-15(13-5-7-14(17)8-6-13)21-12(3)22-16(18-9-20-22)11(2)19-10-23/h4-5,7,9-11H,6,8H2,1-3H3,(H,19,23)/b15-4-,21-12+. The number of carbonyl (C=O) groups is 1. The molecule has 1 aromatic heterocycles. The molecule has 1 aliphatic carbocycles. The first-order chi connectivity index (χ1) is 11.1. The van der Waals surface area contributed by atoms with Crippen LogP contribution in [0.3, 0.4) is 0 Å². The van der Waals surface area contributed by atoms with Crippen LogP contribution < -0.4 is 5.32 Å². The molecule has 2 rings (SSSR count). The van der Waals surface area contributed by atoms with E-state index < -0.39 is 0 Å². The van der Waals surface area contributed by atoms with Crippen molar-refractivity contribution < 1.29 is 4.79 Å². The average Bonchev–Trinajstić information content (AvgIpc) is 3.03. The van der Waals surface area contributed by atoms with Gasteiger partial charge in [-0.3, -0.25) is 4.79 Å². The molecule has 0 aromatic carbocycles. The van der Waals surface area contributed by atoms with Crippen LogP contribution in [-0.2, 0) is 4.79 Å². The first-order valence-corrected chi connectivity index (χ1v) is 7.81. The minimum Gasteiger partial charge on any atom is -0.349 e. The lowest BCUT2D eigenvalue weighted by Crippen LogP contribution is -2.23. The van der Waals surface area contributed by atoms with Gasteiger partial charge in [-0.25, -0.2) is 14.7 Å². The van der Waals surface area contributed by atoms with Gasteiger partial charge >= 0.3 is 0 Å². The summed E-state index contributed by atoms with van der Waals surface area (Å²) in [7, 11) is 0. The summed E-state index contributed by atoms with van der Waals surface area (Å²) in [6.45, 7) is 5.66. The Morgan fingerprint density at radius 1 is 1.48 bits per heavy atom. The van der Waals surface area contributed by atoms with Crippen LogP contribution in [0.25, 0.3) is 0 Å². The maximum absolute atomic E-state index is 10.6. The Bertz CT molecular complexity index is 699. The summed E-state index contributed by atoms with van der Waals surface area (Å²) >= 11 is 6.01. The molecule has 0 spiro atoms. The second kappa shape index (κ2) is 7.87. The van der Waals surface area contributed by atoms with Crippen LogP contribution in [0.15, 0.2) is 45.9 Å². The van der Waals surface area contributed by atoms with Crippen LogP contribution in [-0.4, -0.2) is 27.0 Å². The van der Waals surface area contributed by atoms with Crippen molar-refractivity contribution in [1.29, 1.82) is 0 Å². The molecule has 0 radical (unpaired) electrons. The van der Waals surface area contributed by atoms with Gasteiger partial charge in [0.2, 0.25) is 6.41 Å². The van der Waals surface area contributed by atoms with E-state index in [2.05, 4.69) is 20.4 Å². The predicted molar refractivity (Wildman–Crippen MR) is 91.2 cm³/mol. The highest BCUT2D eigenvalue weighted by atomic mass is 35.5. The molecule has 0 aliphatic heterocycles. The van der Waals surface area contributed by atoms with Gasteiger partial charge < -0.3 is 5.32 Å². The molecule has 0 fully saturated rings. The lowest BCUT2D eigenvalue weighted by Gasteiger charge is -2.14. The number of aromatic nitrogens is 3. The van der Waals surface area contributed by atoms with Crippen LogP contribution in [0.1, 0.15) is 45.5 Å². The zero-order valence-corrected chi connectivity index (χ0v) is 14.2. The first kappa shape index (κ1) is 17.1. The molecule has 1 aliphatic rings. The summed E-state index contributed by atoms with van der Waals surface area (Å²) in [5.41, 5.74) is 2.03. The molecular formula is C16H20ClN5O. The second-order valence-corrected chi connectivity index (χ2v) is 5.66. The lowest BCUT2D eigenvalue weighted by atomic mass is 10.0. The largest absolute Gasteiger partial charge is 0.349 e. The van der Waals surface area contributed by atoms with E-state index in [0.29, 0.717) is 18.1 Å². The number of rotatable bonds is 5. The number of amides is 1. The third-order valence-corrected chi connectivity index (χ3v) is 3.88. The fraction of sp³-hybridized carbons (Fsp3) is 0.375. The first-order valence-electron chi connectivity index (χ1n) is 7.44. The van der Waals surface area contributed by atoms with Crippen LogP contribution in [0, 0.1) is 0 Å². The predicted octanol–water partition coefficient (Wildman–Crippen LogP) is 3.10. The zero-order valence-electron chi connectivity index (χ0n) is 13.5. The van der Waals surface area contributed by atoms with Gasteiger partial charge in [0, 0.05) is 5.03 Å². The number of aliphatic imine (C=N–C) groups is 1. The molecule has 1 unspecified atom stereocenters. The third kappa shape index (κ3) is 4.16. The highest BCUT2D eigenvalue weighted by Gasteiger charge is 2.15. The van der Waals surface area contributed by atoms with Gasteiger partial charge in [0.15, 0.2) is 5.82 Å². The van der Waals surface area contributed by atoms with Crippen molar-refractivity contribution in [3.05, 3.63) is 46.7 Å². The van der Waals surface area contributed by atoms with Gasteiger partial charge in [0.1, 0.15) is 12.2 Å². The van der Waals surface area contributed by atoms with E-state index in [0.717, 1.165) is 29.1 Å². The molecule has 7 heteroatoms. The molecule has 1 N–H and O–H groups in total. The third-order valence-electron chi connectivity index (χ3n) is 3.57. The topological polar surface area (TPSA) is 72.2 Å². The number of nitrogens with one attached hydrogen (secondary N) is 1. The van der Waals surface area contributed by atoms with Crippen LogP contribution >= 0.6 is 11.6 Å². The van der Waals surface area contributed by atoms with Crippen LogP contribution in [0.4, 0.5) is 0 Å². The lowest BCUT2D eigenvalue weighted by molar-refractivity contribution is -0.110. The molecule has 0 bridgehead atoms. The second-order valence-electron chi connectivity index (χ2n) is 5.17. The summed E-state index contributed by atoms with van der Waals surface area (Å²) in [5, 5.41) is 7.73. The molecule has 1 amide bonds. The van der Waals surface area contributed by atoms with E-state index >= 15 is 0 Å². The molecule has 122 valence electrons. The molecule has 0 saturated heterocycles. The molecule has 0 saturated carbocycles. The monoisotopic (exact) mass is 333 g/mol. The van der Waals surface area contributed by atoms with E-state index in [1.807, 2.05) is 39.0 Å². The number of hydrogen-bond donors (Lipinski definition) is 1. The highest BCUT2D eigenvalue weighted by molar-refractivity contribution is 6.29. The normalized spacial score (nSPS) is 17.4. The number of nitrogens with zero attached hydrogens (tertiary/aromatic N) is 4. The molecule has 1 aromatic rings. The maximum Gasteiger partial charge on any atom is 0.207 e. The van der Waals surface area contributed by atoms with Gasteiger partial charge in [0.05, 0.1) is 11.7 Å². The van der Waals surface area contributed by atoms with Crippen molar-refractivity contribution in [1.82, 2.24) is 20.1 Å². The number of halogens is 1. The van der Waals surface area contributed by atoms with Crippen molar-refractivity contribution in [3.8, 4) is 0 Å². The van der Waals surface area contributed by atoms with Crippen molar-refractivity contribution in [2.45, 2.75) is 39.7 Å². The van der Waals surface area contributed by atoms with E-state index in [1.165, 1.54) is 6.33 Å². The van der Waals surface area contributed by atoms with Gasteiger partial charge in [-0.15, -0.1) is 0 Å². The fourth-order valence-electron chi connectivity index (χ4n) is 2.34. The molecular weight excluding hydrogens is 314 g/mol. The van der Waals surface area contributed by atoms with Crippen molar-refractivity contribution >= 4 is 23.8 Å². The van der Waals surface area contributed by atoms with Gasteiger partial charge in [-0.1, -0.05) is 23.8 Å². The summed E-state index contributed by atoms with van der Waals surface area (Å²) < 4.78 is 1.64.